The second-order valence-electron chi connectivity index (χ2n) is 3.64. The van der Waals surface area contributed by atoms with Crippen LogP contribution < -0.4 is 9.47 Å². The highest BCUT2D eigenvalue weighted by molar-refractivity contribution is 5.76. The van der Waals surface area contributed by atoms with E-state index >= 15 is 0 Å². The van der Waals surface area contributed by atoms with E-state index in [1.807, 2.05) is 0 Å². The van der Waals surface area contributed by atoms with Crippen LogP contribution in [-0.4, -0.2) is 14.2 Å². The third-order valence-electron chi connectivity index (χ3n) is 2.63. The van der Waals surface area contributed by atoms with Gasteiger partial charge < -0.3 is 9.47 Å². The summed E-state index contributed by atoms with van der Waals surface area (Å²) in [7, 11) is 2.74. The number of rotatable bonds is 3. The van der Waals surface area contributed by atoms with Gasteiger partial charge in [-0.1, -0.05) is 24.3 Å². The summed E-state index contributed by atoms with van der Waals surface area (Å²) < 4.78 is 37.3. The summed E-state index contributed by atoms with van der Waals surface area (Å²) in [6.07, 6.45) is 0. The Morgan fingerprint density at radius 1 is 0.722 bits per heavy atom. The highest BCUT2D eigenvalue weighted by Crippen LogP contribution is 2.38. The molecule has 0 saturated carbocycles. The second kappa shape index (κ2) is 5.04. The molecule has 2 aromatic rings. The first-order valence-electron chi connectivity index (χ1n) is 5.34. The summed E-state index contributed by atoms with van der Waals surface area (Å²) in [6, 6.07) is 8.95. The van der Waals surface area contributed by atoms with Crippen molar-refractivity contribution in [2.75, 3.05) is 14.2 Å². The van der Waals surface area contributed by atoms with Gasteiger partial charge in [0.15, 0.2) is 23.1 Å². The molecule has 0 aliphatic heterocycles. The first-order chi connectivity index (χ1) is 8.69. The van der Waals surface area contributed by atoms with Crippen LogP contribution in [0.3, 0.4) is 0 Å². The molecule has 0 N–H and O–H groups in total. The number of halogens is 2. The minimum atomic E-state index is -0.499. The Labute approximate surface area is 104 Å². The van der Waals surface area contributed by atoms with E-state index in [0.717, 1.165) is 0 Å². The van der Waals surface area contributed by atoms with E-state index in [4.69, 9.17) is 9.47 Å². The van der Waals surface area contributed by atoms with Gasteiger partial charge in [-0.25, -0.2) is 8.78 Å². The molecule has 2 nitrogen and oxygen atoms in total. The molecule has 94 valence electrons. The Morgan fingerprint density at radius 3 is 1.44 bits per heavy atom. The topological polar surface area (TPSA) is 18.5 Å². The van der Waals surface area contributed by atoms with E-state index in [1.165, 1.54) is 38.5 Å². The van der Waals surface area contributed by atoms with Crippen molar-refractivity contribution in [3.63, 3.8) is 0 Å². The average Bonchev–Trinajstić information content (AvgIpc) is 2.38. The van der Waals surface area contributed by atoms with Crippen molar-refractivity contribution in [3.8, 4) is 22.6 Å². The molecule has 2 aromatic carbocycles. The first kappa shape index (κ1) is 12.4. The van der Waals surface area contributed by atoms with Gasteiger partial charge in [0.05, 0.1) is 14.2 Å². The largest absolute Gasteiger partial charge is 0.493 e. The zero-order valence-electron chi connectivity index (χ0n) is 10.0. The van der Waals surface area contributed by atoms with E-state index in [2.05, 4.69) is 0 Å². The molecule has 0 aliphatic rings. The van der Waals surface area contributed by atoms with Crippen molar-refractivity contribution in [3.05, 3.63) is 48.0 Å². The monoisotopic (exact) mass is 250 g/mol. The fourth-order valence-corrected chi connectivity index (χ4v) is 1.86. The molecule has 18 heavy (non-hydrogen) atoms. The molecule has 2 rings (SSSR count). The van der Waals surface area contributed by atoms with Crippen LogP contribution in [0.2, 0.25) is 0 Å². The number of hydrogen-bond acceptors (Lipinski definition) is 2. The van der Waals surface area contributed by atoms with Gasteiger partial charge in [0.2, 0.25) is 0 Å². The Balaban J connectivity index is 2.69. The van der Waals surface area contributed by atoms with Crippen LogP contribution >= 0.6 is 0 Å². The molecule has 0 unspecified atom stereocenters. The number of ether oxygens (including phenoxy) is 2. The van der Waals surface area contributed by atoms with Gasteiger partial charge >= 0.3 is 0 Å². The quantitative estimate of drug-likeness (QED) is 0.827. The lowest BCUT2D eigenvalue weighted by atomic mass is 10.0. The maximum atomic E-state index is 13.6. The van der Waals surface area contributed by atoms with Crippen molar-refractivity contribution in [1.82, 2.24) is 0 Å². The van der Waals surface area contributed by atoms with Crippen molar-refractivity contribution < 1.29 is 18.3 Å². The minimum absolute atomic E-state index is 0.0707. The Hall–Kier alpha value is -2.10. The molecule has 0 fully saturated rings. The molecule has 0 spiro atoms. The van der Waals surface area contributed by atoms with Gasteiger partial charge in [-0.3, -0.25) is 0 Å². The maximum absolute atomic E-state index is 13.6. The number of methoxy groups -OCH3 is 2. The van der Waals surface area contributed by atoms with Crippen LogP contribution in [0, 0.1) is 11.6 Å². The standard InChI is InChI=1S/C14H12F2O2/c1-17-13-9(5-3-7-11(13)15)10-6-4-8-12(16)14(10)18-2/h3-8H,1-2H3. The lowest BCUT2D eigenvalue weighted by Gasteiger charge is -2.13. The first-order valence-corrected chi connectivity index (χ1v) is 5.34. The van der Waals surface area contributed by atoms with E-state index in [-0.39, 0.29) is 11.5 Å². The second-order valence-corrected chi connectivity index (χ2v) is 3.64. The van der Waals surface area contributed by atoms with Crippen LogP contribution in [0.4, 0.5) is 8.78 Å². The summed E-state index contributed by atoms with van der Waals surface area (Å²) in [5.74, 6) is -0.856. The molecule has 0 heterocycles. The van der Waals surface area contributed by atoms with Crippen LogP contribution in [0.15, 0.2) is 36.4 Å². The molecule has 0 aromatic heterocycles. The molecule has 0 aliphatic carbocycles. The highest BCUT2D eigenvalue weighted by atomic mass is 19.1. The minimum Gasteiger partial charge on any atom is -0.493 e. The summed E-state index contributed by atoms with van der Waals surface area (Å²) in [5.41, 5.74) is 0.905. The van der Waals surface area contributed by atoms with Crippen molar-refractivity contribution in [2.45, 2.75) is 0 Å². The van der Waals surface area contributed by atoms with Crippen molar-refractivity contribution in [1.29, 1.82) is 0 Å². The molecule has 0 radical (unpaired) electrons. The predicted molar refractivity (Wildman–Crippen MR) is 64.9 cm³/mol. The zero-order chi connectivity index (χ0) is 13.1. The van der Waals surface area contributed by atoms with Crippen LogP contribution in [0.1, 0.15) is 0 Å². The molecule has 0 saturated heterocycles. The molecule has 0 amide bonds. The predicted octanol–water partition coefficient (Wildman–Crippen LogP) is 3.65. The molecular formula is C14H12F2O2. The number of benzene rings is 2. The summed E-state index contributed by atoms with van der Waals surface area (Å²) in [6.45, 7) is 0. The van der Waals surface area contributed by atoms with Gasteiger partial charge in [-0.2, -0.15) is 0 Å². The van der Waals surface area contributed by atoms with Crippen LogP contribution in [-0.2, 0) is 0 Å². The van der Waals surface area contributed by atoms with Crippen molar-refractivity contribution >= 4 is 0 Å². The number of hydrogen-bond donors (Lipinski definition) is 0. The number of para-hydroxylation sites is 2. The van der Waals surface area contributed by atoms with Gasteiger partial charge in [0, 0.05) is 11.1 Å². The SMILES string of the molecule is COc1c(F)cccc1-c1cccc(F)c1OC. The summed E-state index contributed by atoms with van der Waals surface area (Å²) >= 11 is 0. The maximum Gasteiger partial charge on any atom is 0.165 e. The summed E-state index contributed by atoms with van der Waals surface area (Å²) in [5, 5.41) is 0. The molecular weight excluding hydrogens is 238 g/mol. The Kier molecular flexibility index (Phi) is 3.46. The highest BCUT2D eigenvalue weighted by Gasteiger charge is 2.16. The van der Waals surface area contributed by atoms with Gasteiger partial charge in [0.25, 0.3) is 0 Å². The third-order valence-corrected chi connectivity index (χ3v) is 2.63. The normalized spacial score (nSPS) is 10.2. The van der Waals surface area contributed by atoms with E-state index in [0.29, 0.717) is 11.1 Å². The molecule has 4 heteroatoms. The van der Waals surface area contributed by atoms with Gasteiger partial charge in [-0.05, 0) is 12.1 Å². The molecule has 0 atom stereocenters. The molecule has 0 bridgehead atoms. The van der Waals surface area contributed by atoms with E-state index in [1.54, 1.807) is 12.1 Å². The smallest absolute Gasteiger partial charge is 0.165 e. The zero-order valence-corrected chi connectivity index (χ0v) is 10.0. The Morgan fingerprint density at radius 2 is 1.11 bits per heavy atom. The third kappa shape index (κ3) is 2.01. The fourth-order valence-electron chi connectivity index (χ4n) is 1.86. The lowest BCUT2D eigenvalue weighted by Crippen LogP contribution is -1.96. The van der Waals surface area contributed by atoms with Gasteiger partial charge in [0.1, 0.15) is 0 Å². The lowest BCUT2D eigenvalue weighted by molar-refractivity contribution is 0.382. The van der Waals surface area contributed by atoms with Crippen molar-refractivity contribution in [2.24, 2.45) is 0 Å². The van der Waals surface area contributed by atoms with Gasteiger partial charge in [-0.15, -0.1) is 0 Å². The Bertz CT molecular complexity index is 516. The average molecular weight is 250 g/mol. The van der Waals surface area contributed by atoms with Crippen LogP contribution in [0.25, 0.3) is 11.1 Å². The van der Waals surface area contributed by atoms with Crippen LogP contribution in [0.5, 0.6) is 11.5 Å². The fraction of sp³-hybridized carbons (Fsp3) is 0.143. The van der Waals surface area contributed by atoms with E-state index < -0.39 is 11.6 Å². The van der Waals surface area contributed by atoms with E-state index in [9.17, 15) is 8.78 Å². The summed E-state index contributed by atoms with van der Waals surface area (Å²) in [4.78, 5) is 0.